The molecule has 0 saturated heterocycles. The van der Waals surface area contributed by atoms with E-state index in [1.165, 1.54) is 0 Å². The zero-order valence-electron chi connectivity index (χ0n) is 16.3. The second-order valence-electron chi connectivity index (χ2n) is 6.39. The normalized spacial score (nSPS) is 11.2. The van der Waals surface area contributed by atoms with E-state index in [4.69, 9.17) is 4.74 Å². The maximum absolute atomic E-state index is 12.2. The number of anilines is 2. The molecule has 148 valence electrons. The molecule has 1 unspecified atom stereocenters. The van der Waals surface area contributed by atoms with Gasteiger partial charge in [0.15, 0.2) is 0 Å². The van der Waals surface area contributed by atoms with E-state index in [0.29, 0.717) is 17.9 Å². The SMILES string of the molecule is C=CCOc1ccc(NCC(=O)Nc2cccc(C(=O)NC(C)CC)c2)cc1. The van der Waals surface area contributed by atoms with E-state index in [0.717, 1.165) is 17.9 Å². The summed E-state index contributed by atoms with van der Waals surface area (Å²) in [6.07, 6.45) is 2.54. The third-order valence-corrected chi connectivity index (χ3v) is 4.07. The number of hydrogen-bond donors (Lipinski definition) is 3. The Labute approximate surface area is 166 Å². The lowest BCUT2D eigenvalue weighted by Gasteiger charge is -2.12. The smallest absolute Gasteiger partial charge is 0.251 e. The van der Waals surface area contributed by atoms with Gasteiger partial charge in [0.25, 0.3) is 5.91 Å². The number of ether oxygens (including phenoxy) is 1. The zero-order chi connectivity index (χ0) is 20.4. The highest BCUT2D eigenvalue weighted by Crippen LogP contribution is 2.16. The summed E-state index contributed by atoms with van der Waals surface area (Å²) in [5.74, 6) is 0.385. The first-order valence-corrected chi connectivity index (χ1v) is 9.30. The van der Waals surface area contributed by atoms with Crippen LogP contribution in [0, 0.1) is 0 Å². The third kappa shape index (κ3) is 6.79. The molecule has 0 aliphatic heterocycles. The summed E-state index contributed by atoms with van der Waals surface area (Å²) < 4.78 is 5.42. The molecule has 0 fully saturated rings. The molecule has 28 heavy (non-hydrogen) atoms. The maximum Gasteiger partial charge on any atom is 0.251 e. The van der Waals surface area contributed by atoms with Crippen LogP contribution in [0.1, 0.15) is 30.6 Å². The monoisotopic (exact) mass is 381 g/mol. The van der Waals surface area contributed by atoms with Crippen molar-refractivity contribution in [2.24, 2.45) is 0 Å². The Hall–Kier alpha value is -3.28. The van der Waals surface area contributed by atoms with Crippen LogP contribution in [0.4, 0.5) is 11.4 Å². The van der Waals surface area contributed by atoms with Crippen LogP contribution in [0.15, 0.2) is 61.2 Å². The van der Waals surface area contributed by atoms with Gasteiger partial charge in [-0.1, -0.05) is 25.6 Å². The molecular formula is C22H27N3O3. The standard InChI is InChI=1S/C22H27N3O3/c1-4-13-28-20-11-9-18(10-12-20)23-15-21(26)25-19-8-6-7-17(14-19)22(27)24-16(3)5-2/h4,6-12,14,16,23H,1,5,13,15H2,2-3H3,(H,24,27)(H,25,26). The molecule has 2 rings (SSSR count). The van der Waals surface area contributed by atoms with E-state index < -0.39 is 0 Å². The number of carbonyl (C=O) groups excluding carboxylic acids is 2. The van der Waals surface area contributed by atoms with E-state index in [9.17, 15) is 9.59 Å². The molecule has 2 aromatic carbocycles. The van der Waals surface area contributed by atoms with Gasteiger partial charge in [-0.25, -0.2) is 0 Å². The van der Waals surface area contributed by atoms with Crippen molar-refractivity contribution < 1.29 is 14.3 Å². The highest BCUT2D eigenvalue weighted by molar-refractivity contribution is 5.98. The highest BCUT2D eigenvalue weighted by atomic mass is 16.5. The minimum absolute atomic E-state index is 0.100. The van der Waals surface area contributed by atoms with Crippen molar-refractivity contribution in [1.82, 2.24) is 5.32 Å². The Morgan fingerprint density at radius 1 is 1.14 bits per heavy atom. The van der Waals surface area contributed by atoms with E-state index >= 15 is 0 Å². The number of hydrogen-bond acceptors (Lipinski definition) is 4. The van der Waals surface area contributed by atoms with Crippen molar-refractivity contribution >= 4 is 23.2 Å². The van der Waals surface area contributed by atoms with Crippen molar-refractivity contribution in [1.29, 1.82) is 0 Å². The van der Waals surface area contributed by atoms with Crippen molar-refractivity contribution in [2.75, 3.05) is 23.8 Å². The first-order valence-electron chi connectivity index (χ1n) is 9.30. The fraction of sp³-hybridized carbons (Fsp3) is 0.273. The average molecular weight is 381 g/mol. The molecule has 0 aliphatic rings. The molecular weight excluding hydrogens is 354 g/mol. The fourth-order valence-electron chi connectivity index (χ4n) is 2.36. The lowest BCUT2D eigenvalue weighted by atomic mass is 10.1. The van der Waals surface area contributed by atoms with Crippen LogP contribution in [-0.2, 0) is 4.79 Å². The predicted molar refractivity (Wildman–Crippen MR) is 113 cm³/mol. The van der Waals surface area contributed by atoms with Crippen molar-refractivity contribution in [2.45, 2.75) is 26.3 Å². The molecule has 3 N–H and O–H groups in total. The Bertz CT molecular complexity index is 803. The van der Waals surface area contributed by atoms with Gasteiger partial charge < -0.3 is 20.7 Å². The largest absolute Gasteiger partial charge is 0.490 e. The molecule has 6 nitrogen and oxygen atoms in total. The summed E-state index contributed by atoms with van der Waals surface area (Å²) in [5, 5.41) is 8.76. The second kappa shape index (κ2) is 10.8. The first kappa shape index (κ1) is 21.0. The summed E-state index contributed by atoms with van der Waals surface area (Å²) in [6.45, 7) is 8.12. The number of carbonyl (C=O) groups is 2. The van der Waals surface area contributed by atoms with Crippen LogP contribution < -0.4 is 20.7 Å². The van der Waals surface area contributed by atoms with Crippen molar-refractivity contribution in [3.05, 3.63) is 66.7 Å². The van der Waals surface area contributed by atoms with Gasteiger partial charge in [0, 0.05) is 23.0 Å². The topological polar surface area (TPSA) is 79.5 Å². The van der Waals surface area contributed by atoms with E-state index in [-0.39, 0.29) is 24.4 Å². The van der Waals surface area contributed by atoms with Crippen LogP contribution in [0.3, 0.4) is 0 Å². The van der Waals surface area contributed by atoms with Gasteiger partial charge in [0.2, 0.25) is 5.91 Å². The minimum Gasteiger partial charge on any atom is -0.490 e. The van der Waals surface area contributed by atoms with E-state index in [2.05, 4.69) is 22.5 Å². The molecule has 2 aromatic rings. The Morgan fingerprint density at radius 3 is 2.57 bits per heavy atom. The molecule has 1 atom stereocenters. The van der Waals surface area contributed by atoms with Crippen LogP contribution in [-0.4, -0.2) is 31.0 Å². The van der Waals surface area contributed by atoms with Gasteiger partial charge in [-0.3, -0.25) is 9.59 Å². The second-order valence-corrected chi connectivity index (χ2v) is 6.39. The third-order valence-electron chi connectivity index (χ3n) is 4.07. The predicted octanol–water partition coefficient (Wildman–Crippen LogP) is 3.83. The number of benzene rings is 2. The van der Waals surface area contributed by atoms with Gasteiger partial charge in [0.05, 0.1) is 6.54 Å². The molecule has 0 bridgehead atoms. The highest BCUT2D eigenvalue weighted by Gasteiger charge is 2.10. The molecule has 0 spiro atoms. The number of rotatable bonds is 10. The maximum atomic E-state index is 12.2. The zero-order valence-corrected chi connectivity index (χ0v) is 16.3. The number of amides is 2. The summed E-state index contributed by atoms with van der Waals surface area (Å²) in [6, 6.07) is 14.3. The van der Waals surface area contributed by atoms with Crippen LogP contribution in [0.5, 0.6) is 5.75 Å². The molecule has 0 radical (unpaired) electrons. The summed E-state index contributed by atoms with van der Waals surface area (Å²) >= 11 is 0. The van der Waals surface area contributed by atoms with Crippen molar-refractivity contribution in [3.63, 3.8) is 0 Å². The van der Waals surface area contributed by atoms with Crippen molar-refractivity contribution in [3.8, 4) is 5.75 Å². The minimum atomic E-state index is -0.202. The summed E-state index contributed by atoms with van der Waals surface area (Å²) in [4.78, 5) is 24.4. The molecule has 6 heteroatoms. The van der Waals surface area contributed by atoms with Gasteiger partial charge in [-0.2, -0.15) is 0 Å². The number of nitrogens with one attached hydrogen (secondary N) is 3. The summed E-state index contributed by atoms with van der Waals surface area (Å²) in [5.41, 5.74) is 1.90. The Kier molecular flexibility index (Phi) is 8.09. The van der Waals surface area contributed by atoms with Crippen LogP contribution >= 0.6 is 0 Å². The quantitative estimate of drug-likeness (QED) is 0.547. The molecule has 0 heterocycles. The van der Waals surface area contributed by atoms with Crippen LogP contribution in [0.25, 0.3) is 0 Å². The molecule has 0 aliphatic carbocycles. The summed E-state index contributed by atoms with van der Waals surface area (Å²) in [7, 11) is 0. The lowest BCUT2D eigenvalue weighted by molar-refractivity contribution is -0.114. The van der Waals surface area contributed by atoms with Gasteiger partial charge >= 0.3 is 0 Å². The molecule has 0 saturated carbocycles. The Balaban J connectivity index is 1.86. The Morgan fingerprint density at radius 2 is 1.89 bits per heavy atom. The van der Waals surface area contributed by atoms with E-state index in [1.54, 1.807) is 30.3 Å². The van der Waals surface area contributed by atoms with E-state index in [1.807, 2.05) is 38.1 Å². The molecule has 2 amide bonds. The average Bonchev–Trinajstić information content (AvgIpc) is 2.71. The van der Waals surface area contributed by atoms with Gasteiger partial charge in [-0.05, 0) is 55.8 Å². The fourth-order valence-corrected chi connectivity index (χ4v) is 2.36. The van der Waals surface area contributed by atoms with Gasteiger partial charge in [-0.15, -0.1) is 0 Å². The first-order chi connectivity index (χ1) is 13.5. The molecule has 0 aromatic heterocycles. The lowest BCUT2D eigenvalue weighted by Crippen LogP contribution is -2.32. The van der Waals surface area contributed by atoms with Gasteiger partial charge in [0.1, 0.15) is 12.4 Å². The van der Waals surface area contributed by atoms with Crippen LogP contribution in [0.2, 0.25) is 0 Å².